The molecule has 0 saturated carbocycles. The Balaban J connectivity index is 2.81. The van der Waals surface area contributed by atoms with Gasteiger partial charge in [-0.05, 0) is 19.1 Å². The number of hydrogen-bond acceptors (Lipinski definition) is 6. The Morgan fingerprint density at radius 3 is 2.33 bits per heavy atom. The lowest BCUT2D eigenvalue weighted by molar-refractivity contribution is 0.0821. The number of nitrogens with one attached hydrogen (secondary N) is 1. The standard InChI is InChI=1S/C11H18N4O3/c1-11(6-16,7-17)12-9-5-4-8(13-14-9)10(18)15(2)3/h4-5,16-17H,6-7H2,1-3H3,(H,12,14). The van der Waals surface area contributed by atoms with Crippen LogP contribution < -0.4 is 5.32 Å². The molecule has 7 heteroatoms. The highest BCUT2D eigenvalue weighted by molar-refractivity contribution is 5.91. The van der Waals surface area contributed by atoms with Crippen LogP contribution in [0, 0.1) is 0 Å². The Labute approximate surface area is 105 Å². The summed E-state index contributed by atoms with van der Waals surface area (Å²) in [6.45, 7) is 1.15. The monoisotopic (exact) mass is 254 g/mol. The Kier molecular flexibility index (Phi) is 4.57. The van der Waals surface area contributed by atoms with Gasteiger partial charge in [0.2, 0.25) is 0 Å². The van der Waals surface area contributed by atoms with E-state index in [0.29, 0.717) is 5.82 Å². The average Bonchev–Trinajstić information content (AvgIpc) is 2.38. The molecule has 1 heterocycles. The Morgan fingerprint density at radius 1 is 1.33 bits per heavy atom. The summed E-state index contributed by atoms with van der Waals surface area (Å²) in [5, 5.41) is 28.7. The van der Waals surface area contributed by atoms with E-state index in [1.165, 1.54) is 11.0 Å². The largest absolute Gasteiger partial charge is 0.394 e. The fourth-order valence-electron chi connectivity index (χ4n) is 1.18. The number of anilines is 1. The first kappa shape index (κ1) is 14.3. The fraction of sp³-hybridized carbons (Fsp3) is 0.545. The molecular formula is C11H18N4O3. The van der Waals surface area contributed by atoms with Gasteiger partial charge in [0.05, 0.1) is 18.8 Å². The topological polar surface area (TPSA) is 98.6 Å². The highest BCUT2D eigenvalue weighted by Crippen LogP contribution is 2.11. The second-order valence-electron chi connectivity index (χ2n) is 4.51. The zero-order valence-corrected chi connectivity index (χ0v) is 10.7. The van der Waals surface area contributed by atoms with E-state index >= 15 is 0 Å². The summed E-state index contributed by atoms with van der Waals surface area (Å²) in [4.78, 5) is 13.0. The minimum atomic E-state index is -0.873. The summed E-state index contributed by atoms with van der Waals surface area (Å²) < 4.78 is 0. The summed E-state index contributed by atoms with van der Waals surface area (Å²) >= 11 is 0. The molecule has 100 valence electrons. The van der Waals surface area contributed by atoms with Gasteiger partial charge in [-0.25, -0.2) is 0 Å². The number of rotatable bonds is 5. The first-order chi connectivity index (χ1) is 8.41. The number of hydrogen-bond donors (Lipinski definition) is 3. The number of aliphatic hydroxyl groups excluding tert-OH is 2. The average molecular weight is 254 g/mol. The van der Waals surface area contributed by atoms with Gasteiger partial charge in [0.25, 0.3) is 5.91 Å². The molecule has 1 aromatic rings. The first-order valence-corrected chi connectivity index (χ1v) is 5.47. The van der Waals surface area contributed by atoms with Crippen LogP contribution in [0.15, 0.2) is 12.1 Å². The second-order valence-corrected chi connectivity index (χ2v) is 4.51. The van der Waals surface area contributed by atoms with Gasteiger partial charge < -0.3 is 20.4 Å². The number of nitrogens with zero attached hydrogens (tertiary/aromatic N) is 3. The van der Waals surface area contributed by atoms with Gasteiger partial charge in [0, 0.05) is 14.1 Å². The molecule has 3 N–H and O–H groups in total. The lowest BCUT2D eigenvalue weighted by atomic mass is 10.1. The van der Waals surface area contributed by atoms with E-state index in [1.54, 1.807) is 27.1 Å². The van der Waals surface area contributed by atoms with Crippen molar-refractivity contribution in [2.45, 2.75) is 12.5 Å². The quantitative estimate of drug-likeness (QED) is 0.645. The van der Waals surface area contributed by atoms with Crippen LogP contribution >= 0.6 is 0 Å². The summed E-state index contributed by atoms with van der Waals surface area (Å²) in [5.41, 5.74) is -0.637. The maximum atomic E-state index is 11.6. The number of aromatic nitrogens is 2. The van der Waals surface area contributed by atoms with Crippen LogP contribution in [-0.4, -0.2) is 64.1 Å². The molecule has 0 bridgehead atoms. The van der Waals surface area contributed by atoms with Crippen molar-refractivity contribution in [1.82, 2.24) is 15.1 Å². The van der Waals surface area contributed by atoms with E-state index in [2.05, 4.69) is 15.5 Å². The van der Waals surface area contributed by atoms with Crippen molar-refractivity contribution in [2.75, 3.05) is 32.6 Å². The predicted octanol–water partition coefficient (Wildman–Crippen LogP) is -0.666. The normalized spacial score (nSPS) is 11.2. The van der Waals surface area contributed by atoms with Crippen molar-refractivity contribution < 1.29 is 15.0 Å². The lowest BCUT2D eigenvalue weighted by Crippen LogP contribution is -2.42. The van der Waals surface area contributed by atoms with Crippen molar-refractivity contribution in [1.29, 1.82) is 0 Å². The molecule has 0 spiro atoms. The highest BCUT2D eigenvalue weighted by atomic mass is 16.3. The number of aliphatic hydroxyl groups is 2. The van der Waals surface area contributed by atoms with E-state index < -0.39 is 5.54 Å². The van der Waals surface area contributed by atoms with Crippen molar-refractivity contribution in [2.24, 2.45) is 0 Å². The van der Waals surface area contributed by atoms with Gasteiger partial charge in [0.1, 0.15) is 5.82 Å². The molecule has 0 atom stereocenters. The van der Waals surface area contributed by atoms with Crippen LogP contribution in [-0.2, 0) is 0 Å². The van der Waals surface area contributed by atoms with E-state index in [1.807, 2.05) is 0 Å². The zero-order valence-electron chi connectivity index (χ0n) is 10.7. The Bertz CT molecular complexity index is 401. The van der Waals surface area contributed by atoms with Gasteiger partial charge in [-0.2, -0.15) is 0 Å². The summed E-state index contributed by atoms with van der Waals surface area (Å²) in [5.74, 6) is 0.150. The Hall–Kier alpha value is -1.73. The van der Waals surface area contributed by atoms with Crippen molar-refractivity contribution in [3.05, 3.63) is 17.8 Å². The molecule has 7 nitrogen and oxygen atoms in total. The summed E-state index contributed by atoms with van der Waals surface area (Å²) in [6.07, 6.45) is 0. The van der Waals surface area contributed by atoms with Gasteiger partial charge >= 0.3 is 0 Å². The first-order valence-electron chi connectivity index (χ1n) is 5.47. The van der Waals surface area contributed by atoms with Crippen molar-refractivity contribution >= 4 is 11.7 Å². The third kappa shape index (κ3) is 3.38. The molecule has 0 fully saturated rings. The van der Waals surface area contributed by atoms with E-state index in [0.717, 1.165) is 0 Å². The minimum absolute atomic E-state index is 0.235. The fourth-order valence-corrected chi connectivity index (χ4v) is 1.18. The SMILES string of the molecule is CN(C)C(=O)c1ccc(NC(C)(CO)CO)nn1. The maximum absolute atomic E-state index is 11.6. The van der Waals surface area contributed by atoms with Crippen molar-refractivity contribution in [3.63, 3.8) is 0 Å². The van der Waals surface area contributed by atoms with Crippen LogP contribution in [0.5, 0.6) is 0 Å². The molecule has 0 aliphatic heterocycles. The van der Waals surface area contributed by atoms with Gasteiger partial charge in [0.15, 0.2) is 5.69 Å². The number of carbonyl (C=O) groups excluding carboxylic acids is 1. The highest BCUT2D eigenvalue weighted by Gasteiger charge is 2.22. The summed E-state index contributed by atoms with van der Waals surface area (Å²) in [6, 6.07) is 3.11. The van der Waals surface area contributed by atoms with Crippen molar-refractivity contribution in [3.8, 4) is 0 Å². The van der Waals surface area contributed by atoms with Gasteiger partial charge in [-0.1, -0.05) is 0 Å². The maximum Gasteiger partial charge on any atom is 0.273 e. The van der Waals surface area contributed by atoms with Gasteiger partial charge in [-0.3, -0.25) is 4.79 Å². The Morgan fingerprint density at radius 2 is 1.94 bits per heavy atom. The van der Waals surface area contributed by atoms with Gasteiger partial charge in [-0.15, -0.1) is 10.2 Å². The van der Waals surface area contributed by atoms with Crippen LogP contribution in [0.25, 0.3) is 0 Å². The molecule has 1 aromatic heterocycles. The molecule has 0 radical (unpaired) electrons. The molecule has 0 unspecified atom stereocenters. The molecule has 0 aliphatic rings. The third-order valence-corrected chi connectivity index (χ3v) is 2.42. The molecule has 0 saturated heterocycles. The predicted molar refractivity (Wildman–Crippen MR) is 66.2 cm³/mol. The lowest BCUT2D eigenvalue weighted by Gasteiger charge is -2.26. The number of amides is 1. The van der Waals surface area contributed by atoms with E-state index in [4.69, 9.17) is 10.2 Å². The number of carbonyl (C=O) groups is 1. The zero-order chi connectivity index (χ0) is 13.8. The summed E-state index contributed by atoms with van der Waals surface area (Å²) in [7, 11) is 3.26. The molecule has 0 aliphatic carbocycles. The van der Waals surface area contributed by atoms with Crippen LogP contribution in [0.2, 0.25) is 0 Å². The third-order valence-electron chi connectivity index (χ3n) is 2.42. The molecule has 1 amide bonds. The van der Waals surface area contributed by atoms with E-state index in [-0.39, 0.29) is 24.8 Å². The van der Waals surface area contributed by atoms with Crippen LogP contribution in [0.1, 0.15) is 17.4 Å². The molecular weight excluding hydrogens is 236 g/mol. The smallest absolute Gasteiger partial charge is 0.273 e. The molecule has 18 heavy (non-hydrogen) atoms. The van der Waals surface area contributed by atoms with Crippen LogP contribution in [0.3, 0.4) is 0 Å². The minimum Gasteiger partial charge on any atom is -0.394 e. The van der Waals surface area contributed by atoms with E-state index in [9.17, 15) is 4.79 Å². The molecule has 0 aromatic carbocycles. The van der Waals surface area contributed by atoms with Crippen LogP contribution in [0.4, 0.5) is 5.82 Å². The second kappa shape index (κ2) is 5.74. The molecule has 1 rings (SSSR count).